The fraction of sp³-hybridized carbons (Fsp3) is 0.200. The van der Waals surface area contributed by atoms with Gasteiger partial charge in [0.1, 0.15) is 11.4 Å². The van der Waals surface area contributed by atoms with Crippen molar-refractivity contribution >= 4 is 23.2 Å². The molecular weight excluding hydrogens is 350 g/mol. The van der Waals surface area contributed by atoms with Crippen molar-refractivity contribution < 1.29 is 9.90 Å². The molecule has 0 radical (unpaired) electrons. The van der Waals surface area contributed by atoms with Crippen LogP contribution in [0.4, 0.5) is 5.69 Å². The molecule has 26 heavy (non-hydrogen) atoms. The van der Waals surface area contributed by atoms with E-state index in [-0.39, 0.29) is 11.7 Å². The maximum Gasteiger partial charge on any atom is 0.273 e. The Labute approximate surface area is 157 Å². The third-order valence-electron chi connectivity index (χ3n) is 4.21. The first-order valence-corrected chi connectivity index (χ1v) is 8.69. The molecule has 5 nitrogen and oxygen atoms in total. The van der Waals surface area contributed by atoms with E-state index in [2.05, 4.69) is 29.4 Å². The summed E-state index contributed by atoms with van der Waals surface area (Å²) in [5, 5.41) is 20.1. The summed E-state index contributed by atoms with van der Waals surface area (Å²) in [6.45, 7) is 6.30. The molecule has 3 aromatic rings. The lowest BCUT2D eigenvalue weighted by molar-refractivity contribution is 0.102. The van der Waals surface area contributed by atoms with Gasteiger partial charge in [0.2, 0.25) is 0 Å². The summed E-state index contributed by atoms with van der Waals surface area (Å²) in [7, 11) is 0. The summed E-state index contributed by atoms with van der Waals surface area (Å²) in [5.41, 5.74) is 4.31. The number of aromatic nitrogens is 2. The highest BCUT2D eigenvalue weighted by Gasteiger charge is 2.14. The number of halogens is 1. The third kappa shape index (κ3) is 3.73. The lowest BCUT2D eigenvalue weighted by Gasteiger charge is -2.11. The van der Waals surface area contributed by atoms with Crippen LogP contribution < -0.4 is 5.32 Å². The second-order valence-electron chi connectivity index (χ2n) is 6.51. The molecule has 3 N–H and O–H groups in total. The van der Waals surface area contributed by atoms with E-state index in [0.717, 1.165) is 11.3 Å². The zero-order valence-electron chi connectivity index (χ0n) is 14.8. The number of anilines is 1. The smallest absolute Gasteiger partial charge is 0.273 e. The number of carbonyl (C=O) groups is 1. The van der Waals surface area contributed by atoms with Crippen molar-refractivity contribution in [3.05, 3.63) is 64.3 Å². The Hall–Kier alpha value is -2.79. The number of hydrogen-bond acceptors (Lipinski definition) is 3. The summed E-state index contributed by atoms with van der Waals surface area (Å²) < 4.78 is 0. The van der Waals surface area contributed by atoms with Gasteiger partial charge in [0.25, 0.3) is 5.91 Å². The van der Waals surface area contributed by atoms with E-state index in [1.807, 2.05) is 25.1 Å². The summed E-state index contributed by atoms with van der Waals surface area (Å²) in [6, 6.07) is 12.1. The highest BCUT2D eigenvalue weighted by molar-refractivity contribution is 6.31. The number of H-pyrrole nitrogens is 1. The number of nitrogens with zero attached hydrogens (tertiary/aromatic N) is 1. The maximum atomic E-state index is 12.5. The van der Waals surface area contributed by atoms with Crippen LogP contribution in [-0.4, -0.2) is 21.2 Å². The number of nitrogens with one attached hydrogen (secondary N) is 2. The lowest BCUT2D eigenvalue weighted by Crippen LogP contribution is -2.12. The van der Waals surface area contributed by atoms with E-state index in [9.17, 15) is 9.90 Å². The van der Waals surface area contributed by atoms with E-state index in [4.69, 9.17) is 11.6 Å². The van der Waals surface area contributed by atoms with Crippen molar-refractivity contribution in [2.45, 2.75) is 26.7 Å². The predicted octanol–water partition coefficient (Wildman–Crippen LogP) is 5.12. The normalized spacial score (nSPS) is 11.0. The summed E-state index contributed by atoms with van der Waals surface area (Å²) in [6.07, 6.45) is 0. The molecular formula is C20H20ClN3O2. The van der Waals surface area contributed by atoms with Crippen molar-refractivity contribution in [1.29, 1.82) is 0 Å². The molecule has 134 valence electrons. The van der Waals surface area contributed by atoms with Crippen LogP contribution in [-0.2, 0) is 0 Å². The van der Waals surface area contributed by atoms with Gasteiger partial charge in [-0.15, -0.1) is 0 Å². The van der Waals surface area contributed by atoms with Crippen LogP contribution in [0.2, 0.25) is 5.02 Å². The fourth-order valence-electron chi connectivity index (χ4n) is 2.89. The van der Waals surface area contributed by atoms with Gasteiger partial charge in [-0.05, 0) is 60.4 Å². The third-order valence-corrected chi connectivity index (χ3v) is 4.44. The number of aromatic amines is 1. The van der Waals surface area contributed by atoms with Crippen LogP contribution in [0.15, 0.2) is 42.5 Å². The molecule has 6 heteroatoms. The number of rotatable bonds is 4. The van der Waals surface area contributed by atoms with Crippen LogP contribution >= 0.6 is 11.6 Å². The van der Waals surface area contributed by atoms with Gasteiger partial charge in [-0.2, -0.15) is 5.10 Å². The molecule has 0 atom stereocenters. The number of phenolic OH excluding ortho intramolecular Hbond substituents is 1. The monoisotopic (exact) mass is 369 g/mol. The Kier molecular flexibility index (Phi) is 5.00. The summed E-state index contributed by atoms with van der Waals surface area (Å²) in [4.78, 5) is 12.5. The Morgan fingerprint density at radius 1 is 1.19 bits per heavy atom. The van der Waals surface area contributed by atoms with E-state index in [0.29, 0.717) is 27.9 Å². The second-order valence-corrected chi connectivity index (χ2v) is 6.94. The lowest BCUT2D eigenvalue weighted by atomic mass is 9.98. The van der Waals surface area contributed by atoms with Crippen molar-refractivity contribution in [3.63, 3.8) is 0 Å². The molecule has 0 bridgehead atoms. The second kappa shape index (κ2) is 7.22. The number of aromatic hydroxyl groups is 1. The number of benzene rings is 2. The zero-order valence-corrected chi connectivity index (χ0v) is 15.6. The Morgan fingerprint density at radius 3 is 2.65 bits per heavy atom. The minimum Gasteiger partial charge on any atom is -0.507 e. The van der Waals surface area contributed by atoms with E-state index in [1.165, 1.54) is 11.6 Å². The number of carbonyl (C=O) groups excluding carboxylic acids is 1. The van der Waals surface area contributed by atoms with Crippen molar-refractivity contribution in [2.75, 3.05) is 5.32 Å². The Morgan fingerprint density at radius 2 is 1.96 bits per heavy atom. The molecule has 3 rings (SSSR count). The molecule has 1 heterocycles. The van der Waals surface area contributed by atoms with Gasteiger partial charge in [-0.25, -0.2) is 0 Å². The Bertz CT molecular complexity index is 963. The van der Waals surface area contributed by atoms with Crippen LogP contribution in [0.3, 0.4) is 0 Å². The quantitative estimate of drug-likeness (QED) is 0.597. The highest BCUT2D eigenvalue weighted by Crippen LogP contribution is 2.31. The van der Waals surface area contributed by atoms with Gasteiger partial charge in [0.15, 0.2) is 0 Å². The van der Waals surface area contributed by atoms with E-state index < -0.39 is 0 Å². The number of amides is 1. The molecule has 0 unspecified atom stereocenters. The van der Waals surface area contributed by atoms with Crippen molar-refractivity contribution in [3.8, 4) is 17.0 Å². The molecule has 0 aliphatic heterocycles. The molecule has 1 aromatic heterocycles. The molecule has 0 saturated carbocycles. The average Bonchev–Trinajstić information content (AvgIpc) is 3.06. The first kappa shape index (κ1) is 18.0. The van der Waals surface area contributed by atoms with Crippen molar-refractivity contribution in [1.82, 2.24) is 10.2 Å². The molecule has 1 amide bonds. The van der Waals surface area contributed by atoms with Crippen LogP contribution in [0, 0.1) is 6.92 Å². The molecule has 0 aliphatic carbocycles. The van der Waals surface area contributed by atoms with Gasteiger partial charge in [-0.3, -0.25) is 9.89 Å². The topological polar surface area (TPSA) is 78.0 Å². The van der Waals surface area contributed by atoms with Gasteiger partial charge < -0.3 is 10.4 Å². The first-order valence-electron chi connectivity index (χ1n) is 8.31. The highest BCUT2D eigenvalue weighted by atomic mass is 35.5. The minimum absolute atomic E-state index is 0.0488. The molecule has 0 aliphatic rings. The van der Waals surface area contributed by atoms with Gasteiger partial charge in [0, 0.05) is 16.3 Å². The van der Waals surface area contributed by atoms with Gasteiger partial charge in [-0.1, -0.05) is 31.5 Å². The fourth-order valence-corrected chi connectivity index (χ4v) is 3.06. The average molecular weight is 370 g/mol. The Balaban J connectivity index is 1.80. The molecule has 0 spiro atoms. The van der Waals surface area contributed by atoms with Gasteiger partial charge >= 0.3 is 0 Å². The first-order chi connectivity index (χ1) is 12.3. The molecule has 2 aromatic carbocycles. The zero-order chi connectivity index (χ0) is 18.8. The molecule has 0 fully saturated rings. The van der Waals surface area contributed by atoms with Crippen LogP contribution in [0.25, 0.3) is 11.3 Å². The number of hydrogen-bond donors (Lipinski definition) is 3. The maximum absolute atomic E-state index is 12.5. The standard InChI is InChI=1S/C20H20ClN3O2/c1-11(2)15-6-5-14(8-12(15)3)22-20(26)18-10-17(23-24-18)16-9-13(21)4-7-19(16)25/h4-11,25H,1-3H3,(H,22,26)(H,23,24). The van der Waals surface area contributed by atoms with Gasteiger partial charge in [0.05, 0.1) is 5.69 Å². The van der Waals surface area contributed by atoms with Crippen LogP contribution in [0.1, 0.15) is 41.4 Å². The van der Waals surface area contributed by atoms with E-state index >= 15 is 0 Å². The number of phenols is 1. The van der Waals surface area contributed by atoms with Crippen molar-refractivity contribution in [2.24, 2.45) is 0 Å². The number of aryl methyl sites for hydroxylation is 1. The van der Waals surface area contributed by atoms with Crippen LogP contribution in [0.5, 0.6) is 5.75 Å². The SMILES string of the molecule is Cc1cc(NC(=O)c2cc(-c3cc(Cl)ccc3O)n[nH]2)ccc1C(C)C. The summed E-state index contributed by atoms with van der Waals surface area (Å²) >= 11 is 5.96. The largest absolute Gasteiger partial charge is 0.507 e. The molecule has 0 saturated heterocycles. The summed E-state index contributed by atoms with van der Waals surface area (Å²) in [5.74, 6) is 0.176. The van der Waals surface area contributed by atoms with E-state index in [1.54, 1.807) is 18.2 Å². The predicted molar refractivity (Wildman–Crippen MR) is 104 cm³/mol. The minimum atomic E-state index is -0.304.